The van der Waals surface area contributed by atoms with Crippen LogP contribution in [0.15, 0.2) is 133 Å². The molecule has 1 aliphatic heterocycles. The Balaban J connectivity index is 1.12. The molecular weight excluding hydrogens is 594 g/mol. The lowest BCUT2D eigenvalue weighted by Crippen LogP contribution is -2.50. The highest BCUT2D eigenvalue weighted by atomic mass is 16.2. The van der Waals surface area contributed by atoms with E-state index in [1.807, 2.05) is 30.5 Å². The second-order valence-corrected chi connectivity index (χ2v) is 12.4. The van der Waals surface area contributed by atoms with Gasteiger partial charge in [-0.25, -0.2) is 0 Å². The summed E-state index contributed by atoms with van der Waals surface area (Å²) in [6.07, 6.45) is 9.16. The van der Waals surface area contributed by atoms with Gasteiger partial charge in [0.25, 0.3) is 5.91 Å². The number of nitrogens with zero attached hydrogens (tertiary/aromatic N) is 3. The quantitative estimate of drug-likeness (QED) is 0.120. The molecule has 0 fully saturated rings. The van der Waals surface area contributed by atoms with E-state index in [-0.39, 0.29) is 12.1 Å². The number of hydrogen-bond acceptors (Lipinski definition) is 5. The van der Waals surface area contributed by atoms with Crippen molar-refractivity contribution in [2.24, 2.45) is 5.10 Å². The lowest BCUT2D eigenvalue weighted by atomic mass is 10.0. The molecule has 1 aliphatic rings. The first-order chi connectivity index (χ1) is 23.7. The van der Waals surface area contributed by atoms with Crippen molar-refractivity contribution in [3.05, 3.63) is 150 Å². The Hall–Kier alpha value is -5.89. The number of rotatable bonds is 11. The third-order valence-corrected chi connectivity index (χ3v) is 9.43. The Labute approximate surface area is 278 Å². The van der Waals surface area contributed by atoms with Crippen LogP contribution in [0, 0.1) is 0 Å². The van der Waals surface area contributed by atoms with Crippen molar-refractivity contribution in [1.82, 2.24) is 30.6 Å². The fraction of sp³-hybridized carbons (Fsp3) is 0.175. The third-order valence-electron chi connectivity index (χ3n) is 9.43. The number of amides is 1. The average Bonchev–Trinajstić information content (AvgIpc) is 3.86. The number of amidine groups is 1. The van der Waals surface area contributed by atoms with E-state index in [0.717, 1.165) is 41.6 Å². The number of hydrazone groups is 1. The zero-order chi connectivity index (χ0) is 32.3. The molecule has 4 aromatic carbocycles. The highest BCUT2D eigenvalue weighted by Crippen LogP contribution is 2.27. The molecule has 1 amide bonds. The van der Waals surface area contributed by atoms with Crippen molar-refractivity contribution < 1.29 is 4.79 Å². The van der Waals surface area contributed by atoms with Crippen molar-refractivity contribution >= 4 is 44.3 Å². The van der Waals surface area contributed by atoms with E-state index in [1.54, 1.807) is 12.3 Å². The van der Waals surface area contributed by atoms with Gasteiger partial charge in [0, 0.05) is 53.4 Å². The summed E-state index contributed by atoms with van der Waals surface area (Å²) in [4.78, 5) is 27.2. The van der Waals surface area contributed by atoms with Gasteiger partial charge in [-0.1, -0.05) is 84.9 Å². The van der Waals surface area contributed by atoms with Crippen molar-refractivity contribution in [2.45, 2.75) is 44.4 Å². The van der Waals surface area contributed by atoms with E-state index in [0.29, 0.717) is 18.7 Å². The Kier molecular flexibility index (Phi) is 8.04. The summed E-state index contributed by atoms with van der Waals surface area (Å²) in [6.45, 7) is 0.648. The molecule has 1 unspecified atom stereocenters. The Morgan fingerprint density at radius 1 is 0.750 bits per heavy atom. The number of H-pyrrole nitrogens is 2. The first kappa shape index (κ1) is 29.5. The summed E-state index contributed by atoms with van der Waals surface area (Å²) < 4.78 is 0. The molecule has 8 rings (SSSR count). The monoisotopic (exact) mass is 631 g/mol. The van der Waals surface area contributed by atoms with Gasteiger partial charge in [0.2, 0.25) is 0 Å². The number of para-hydroxylation sites is 2. The fourth-order valence-corrected chi connectivity index (χ4v) is 7.02. The van der Waals surface area contributed by atoms with Gasteiger partial charge in [-0.15, -0.1) is 0 Å². The molecule has 0 bridgehead atoms. The van der Waals surface area contributed by atoms with E-state index in [9.17, 15) is 4.79 Å². The zero-order valence-corrected chi connectivity index (χ0v) is 26.6. The number of aryl methyl sites for hydroxylation is 1. The number of pyridine rings is 1. The van der Waals surface area contributed by atoms with Gasteiger partial charge in [0.1, 0.15) is 17.7 Å². The fourth-order valence-electron chi connectivity index (χ4n) is 7.02. The molecule has 8 nitrogen and oxygen atoms in total. The standard InChI is InChI=1S/C40H37N7O/c48-40(36-20-7-8-22-41-36)44-37(23-30-25-43-35-19-6-4-17-33(30)35)39-46-45-38(21-10-13-28-24-42-34-18-5-3-16-32(28)34)47(39)26-29-14-9-12-27-11-1-2-15-31(27)29/h1-9,11-12,14-20,22,24-25,37-38,42-43,45H,10,13,21,23,26H2,(H,44,48)/t37-,38?/m1/s1. The van der Waals surface area contributed by atoms with E-state index < -0.39 is 6.04 Å². The number of aromatic amines is 2. The second-order valence-electron chi connectivity index (χ2n) is 12.4. The van der Waals surface area contributed by atoms with Gasteiger partial charge in [0.15, 0.2) is 0 Å². The normalized spacial score (nSPS) is 15.1. The first-order valence-corrected chi connectivity index (χ1v) is 16.6. The minimum absolute atomic E-state index is 0.0404. The van der Waals surface area contributed by atoms with Gasteiger partial charge in [-0.3, -0.25) is 15.2 Å². The van der Waals surface area contributed by atoms with Crippen LogP contribution >= 0.6 is 0 Å². The number of benzene rings is 4. The van der Waals surface area contributed by atoms with Gasteiger partial charge >= 0.3 is 0 Å². The number of aromatic nitrogens is 3. The van der Waals surface area contributed by atoms with Crippen molar-refractivity contribution in [3.8, 4) is 0 Å². The summed E-state index contributed by atoms with van der Waals surface area (Å²) in [7, 11) is 0. The lowest BCUT2D eigenvalue weighted by Gasteiger charge is -2.31. The summed E-state index contributed by atoms with van der Waals surface area (Å²) in [6, 6.07) is 36.7. The third kappa shape index (κ3) is 5.88. The van der Waals surface area contributed by atoms with Crippen molar-refractivity contribution in [2.75, 3.05) is 0 Å². The van der Waals surface area contributed by atoms with Crippen LogP contribution in [0.3, 0.4) is 0 Å². The Morgan fingerprint density at radius 3 is 2.23 bits per heavy atom. The maximum absolute atomic E-state index is 13.7. The molecule has 4 heterocycles. The maximum Gasteiger partial charge on any atom is 0.270 e. The van der Waals surface area contributed by atoms with Crippen LogP contribution in [0.2, 0.25) is 0 Å². The molecule has 8 heteroatoms. The largest absolute Gasteiger partial charge is 0.361 e. The van der Waals surface area contributed by atoms with Crippen LogP contribution in [0.4, 0.5) is 0 Å². The van der Waals surface area contributed by atoms with Crippen molar-refractivity contribution in [1.29, 1.82) is 0 Å². The molecule has 0 aliphatic carbocycles. The molecule has 3 aromatic heterocycles. The van der Waals surface area contributed by atoms with E-state index in [4.69, 9.17) is 5.10 Å². The zero-order valence-electron chi connectivity index (χ0n) is 26.6. The van der Waals surface area contributed by atoms with Crippen LogP contribution < -0.4 is 10.7 Å². The molecule has 0 spiro atoms. The summed E-state index contributed by atoms with van der Waals surface area (Å²) in [5.41, 5.74) is 9.75. The molecule has 238 valence electrons. The molecule has 0 radical (unpaired) electrons. The van der Waals surface area contributed by atoms with Gasteiger partial charge in [-0.2, -0.15) is 5.10 Å². The molecular formula is C40H37N7O. The van der Waals surface area contributed by atoms with Crippen molar-refractivity contribution in [3.63, 3.8) is 0 Å². The summed E-state index contributed by atoms with van der Waals surface area (Å²) >= 11 is 0. The summed E-state index contributed by atoms with van der Waals surface area (Å²) in [5.74, 6) is 0.589. The summed E-state index contributed by atoms with van der Waals surface area (Å²) in [5, 5.41) is 13.1. The van der Waals surface area contributed by atoms with Crippen LogP contribution in [-0.2, 0) is 19.4 Å². The Morgan fingerprint density at radius 2 is 1.44 bits per heavy atom. The molecule has 48 heavy (non-hydrogen) atoms. The molecule has 0 saturated heterocycles. The number of nitrogens with one attached hydrogen (secondary N) is 4. The van der Waals surface area contributed by atoms with Gasteiger partial charge < -0.3 is 20.2 Å². The minimum atomic E-state index is -0.403. The number of carbonyl (C=O) groups is 1. The van der Waals surface area contributed by atoms with E-state index in [2.05, 4.69) is 116 Å². The van der Waals surface area contributed by atoms with E-state index in [1.165, 1.54) is 32.8 Å². The molecule has 4 N–H and O–H groups in total. The average molecular weight is 632 g/mol. The van der Waals surface area contributed by atoms with E-state index >= 15 is 0 Å². The smallest absolute Gasteiger partial charge is 0.270 e. The highest BCUT2D eigenvalue weighted by molar-refractivity contribution is 5.99. The molecule has 2 atom stereocenters. The van der Waals surface area contributed by atoms with Crippen LogP contribution in [0.1, 0.15) is 40.0 Å². The number of fused-ring (bicyclic) bond motifs is 3. The number of carbonyl (C=O) groups excluding carboxylic acids is 1. The first-order valence-electron chi connectivity index (χ1n) is 16.6. The van der Waals surface area contributed by atoms with Crippen LogP contribution in [0.25, 0.3) is 32.6 Å². The SMILES string of the molecule is O=C(N[C@H](Cc1c[nH]c2ccccc12)C1=NNC(CCCc2c[nH]c3ccccc23)N1Cc1cccc2ccccc12)c1ccccn1. The second kappa shape index (κ2) is 13.1. The predicted octanol–water partition coefficient (Wildman–Crippen LogP) is 7.31. The van der Waals surface area contributed by atoms with Crippen LogP contribution in [-0.4, -0.2) is 43.8 Å². The predicted molar refractivity (Wildman–Crippen MR) is 193 cm³/mol. The maximum atomic E-state index is 13.7. The van der Waals surface area contributed by atoms with Gasteiger partial charge in [-0.05, 0) is 71.0 Å². The number of hydrogen-bond donors (Lipinski definition) is 4. The lowest BCUT2D eigenvalue weighted by molar-refractivity contribution is 0.0939. The Bertz CT molecular complexity index is 2230. The minimum Gasteiger partial charge on any atom is -0.361 e. The van der Waals surface area contributed by atoms with Gasteiger partial charge in [0.05, 0.1) is 6.04 Å². The van der Waals surface area contributed by atoms with Crippen LogP contribution in [0.5, 0.6) is 0 Å². The topological polar surface area (TPSA) is 101 Å². The molecule has 7 aromatic rings. The molecule has 0 saturated carbocycles. The highest BCUT2D eigenvalue weighted by Gasteiger charge is 2.34.